The summed E-state index contributed by atoms with van der Waals surface area (Å²) in [5.74, 6) is 0.370. The van der Waals surface area contributed by atoms with Crippen LogP contribution < -0.4 is 5.32 Å². The van der Waals surface area contributed by atoms with Crippen LogP contribution in [0.15, 0.2) is 53.5 Å². The first kappa shape index (κ1) is 15.3. The van der Waals surface area contributed by atoms with Crippen LogP contribution in [0.3, 0.4) is 0 Å². The Morgan fingerprint density at radius 2 is 2.08 bits per heavy atom. The van der Waals surface area contributed by atoms with E-state index in [1.165, 1.54) is 23.6 Å². The molecule has 1 aromatic carbocycles. The number of thiazole rings is 1. The van der Waals surface area contributed by atoms with Crippen LogP contribution in [0.25, 0.3) is 22.6 Å². The first-order chi connectivity index (χ1) is 12.2. The number of benzene rings is 1. The summed E-state index contributed by atoms with van der Waals surface area (Å²) in [6.07, 6.45) is 1.50. The SMILES string of the molecule is O=C(Cn1c(-c2cscn2)nc2ccccc21)Nc1ncccc1O. The van der Waals surface area contributed by atoms with Gasteiger partial charge in [0.15, 0.2) is 17.4 Å². The molecule has 0 bridgehead atoms. The Balaban J connectivity index is 1.70. The molecule has 0 aliphatic heterocycles. The van der Waals surface area contributed by atoms with Crippen LogP contribution in [-0.4, -0.2) is 30.5 Å². The topological polar surface area (TPSA) is 92.9 Å². The summed E-state index contributed by atoms with van der Waals surface area (Å²) in [6, 6.07) is 10.7. The number of imidazole rings is 1. The molecule has 25 heavy (non-hydrogen) atoms. The van der Waals surface area contributed by atoms with Gasteiger partial charge in [-0.25, -0.2) is 15.0 Å². The second kappa shape index (κ2) is 6.33. The van der Waals surface area contributed by atoms with E-state index in [-0.39, 0.29) is 24.0 Å². The number of hydrogen-bond donors (Lipinski definition) is 2. The molecule has 124 valence electrons. The lowest BCUT2D eigenvalue weighted by atomic mass is 10.3. The number of nitrogens with zero attached hydrogens (tertiary/aromatic N) is 4. The van der Waals surface area contributed by atoms with Gasteiger partial charge in [0.1, 0.15) is 12.2 Å². The molecular formula is C17H13N5O2S. The van der Waals surface area contributed by atoms with Gasteiger partial charge in [-0.05, 0) is 24.3 Å². The first-order valence-electron chi connectivity index (χ1n) is 7.50. The van der Waals surface area contributed by atoms with Crippen LogP contribution in [0.2, 0.25) is 0 Å². The molecule has 0 saturated carbocycles. The van der Waals surface area contributed by atoms with Crippen molar-refractivity contribution in [2.45, 2.75) is 6.54 Å². The van der Waals surface area contributed by atoms with E-state index in [0.717, 1.165) is 16.7 Å². The number of aromatic hydroxyl groups is 1. The van der Waals surface area contributed by atoms with Gasteiger partial charge in [0, 0.05) is 11.6 Å². The zero-order valence-electron chi connectivity index (χ0n) is 13.0. The smallest absolute Gasteiger partial charge is 0.245 e. The zero-order valence-corrected chi connectivity index (χ0v) is 13.8. The van der Waals surface area contributed by atoms with Gasteiger partial charge in [-0.3, -0.25) is 4.79 Å². The highest BCUT2D eigenvalue weighted by Gasteiger charge is 2.17. The molecule has 0 spiro atoms. The number of fused-ring (bicyclic) bond motifs is 1. The van der Waals surface area contributed by atoms with Gasteiger partial charge >= 0.3 is 0 Å². The van der Waals surface area contributed by atoms with Gasteiger partial charge in [0.2, 0.25) is 5.91 Å². The molecule has 0 fully saturated rings. The minimum Gasteiger partial charge on any atom is -0.504 e. The Kier molecular flexibility index (Phi) is 3.87. The molecule has 4 aromatic rings. The van der Waals surface area contributed by atoms with Crippen molar-refractivity contribution in [3.63, 3.8) is 0 Å². The Morgan fingerprint density at radius 3 is 2.88 bits per heavy atom. The lowest BCUT2D eigenvalue weighted by Crippen LogP contribution is -2.20. The molecule has 4 rings (SSSR count). The van der Waals surface area contributed by atoms with Gasteiger partial charge in [-0.15, -0.1) is 11.3 Å². The standard InChI is InChI=1S/C17H13N5O2S/c23-14-6-3-7-18-16(14)21-15(24)8-22-13-5-2-1-4-11(13)20-17(22)12-9-25-10-19-12/h1-7,9-10,23H,8H2,(H,18,21,24). The Hall–Kier alpha value is -3.26. The molecule has 3 aromatic heterocycles. The predicted molar refractivity (Wildman–Crippen MR) is 95.4 cm³/mol. The largest absolute Gasteiger partial charge is 0.504 e. The van der Waals surface area contributed by atoms with Crippen LogP contribution >= 0.6 is 11.3 Å². The molecule has 0 aliphatic carbocycles. The van der Waals surface area contributed by atoms with Crippen molar-refractivity contribution in [3.05, 3.63) is 53.5 Å². The minimum atomic E-state index is -0.311. The Morgan fingerprint density at radius 1 is 1.20 bits per heavy atom. The summed E-state index contributed by atoms with van der Waals surface area (Å²) in [4.78, 5) is 25.3. The van der Waals surface area contributed by atoms with E-state index in [4.69, 9.17) is 0 Å². The molecule has 0 radical (unpaired) electrons. The average molecular weight is 351 g/mol. The maximum absolute atomic E-state index is 12.5. The molecule has 0 unspecified atom stereocenters. The van der Waals surface area contributed by atoms with Crippen LogP contribution in [0, 0.1) is 0 Å². The highest BCUT2D eigenvalue weighted by atomic mass is 32.1. The summed E-state index contributed by atoms with van der Waals surface area (Å²) in [7, 11) is 0. The van der Waals surface area contributed by atoms with Crippen molar-refractivity contribution in [3.8, 4) is 17.3 Å². The van der Waals surface area contributed by atoms with Gasteiger partial charge in [0.25, 0.3) is 0 Å². The van der Waals surface area contributed by atoms with Crippen LogP contribution in [0.1, 0.15) is 0 Å². The summed E-state index contributed by atoms with van der Waals surface area (Å²) in [5, 5.41) is 14.3. The third-order valence-electron chi connectivity index (χ3n) is 3.66. The van der Waals surface area contributed by atoms with Crippen LogP contribution in [0.4, 0.5) is 5.82 Å². The van der Waals surface area contributed by atoms with Crippen molar-refractivity contribution < 1.29 is 9.90 Å². The van der Waals surface area contributed by atoms with Crippen molar-refractivity contribution in [1.82, 2.24) is 19.5 Å². The van der Waals surface area contributed by atoms with Gasteiger partial charge in [0.05, 0.1) is 16.5 Å². The number of rotatable bonds is 4. The monoisotopic (exact) mass is 351 g/mol. The fraction of sp³-hybridized carbons (Fsp3) is 0.0588. The Bertz CT molecular complexity index is 1040. The highest BCUT2D eigenvalue weighted by molar-refractivity contribution is 7.07. The molecule has 1 amide bonds. The number of para-hydroxylation sites is 2. The maximum Gasteiger partial charge on any atom is 0.245 e. The molecule has 8 heteroatoms. The van der Waals surface area contributed by atoms with Crippen molar-refractivity contribution in [2.75, 3.05) is 5.32 Å². The fourth-order valence-corrected chi connectivity index (χ4v) is 3.09. The van der Waals surface area contributed by atoms with E-state index >= 15 is 0 Å². The summed E-state index contributed by atoms with van der Waals surface area (Å²) in [6.45, 7) is 0.0311. The number of carbonyl (C=O) groups is 1. The molecule has 0 atom stereocenters. The molecular weight excluding hydrogens is 338 g/mol. The molecule has 0 aliphatic rings. The number of nitrogens with one attached hydrogen (secondary N) is 1. The number of carbonyl (C=O) groups excluding carboxylic acids is 1. The number of amides is 1. The average Bonchev–Trinajstić information content (AvgIpc) is 3.25. The van der Waals surface area contributed by atoms with E-state index in [1.54, 1.807) is 16.1 Å². The van der Waals surface area contributed by atoms with Gasteiger partial charge in [-0.1, -0.05) is 12.1 Å². The maximum atomic E-state index is 12.5. The Labute approximate surface area is 146 Å². The zero-order chi connectivity index (χ0) is 17.2. The van der Waals surface area contributed by atoms with E-state index < -0.39 is 0 Å². The van der Waals surface area contributed by atoms with E-state index in [2.05, 4.69) is 20.3 Å². The number of pyridine rings is 1. The van der Waals surface area contributed by atoms with E-state index in [1.807, 2.05) is 29.6 Å². The number of aromatic nitrogens is 4. The lowest BCUT2D eigenvalue weighted by molar-refractivity contribution is -0.116. The normalized spacial score (nSPS) is 10.9. The lowest BCUT2D eigenvalue weighted by Gasteiger charge is -2.09. The van der Waals surface area contributed by atoms with Crippen molar-refractivity contribution in [2.24, 2.45) is 0 Å². The predicted octanol–water partition coefficient (Wildman–Crippen LogP) is 2.90. The second-order valence-corrected chi connectivity index (χ2v) is 6.02. The summed E-state index contributed by atoms with van der Waals surface area (Å²) in [5.41, 5.74) is 4.07. The third-order valence-corrected chi connectivity index (χ3v) is 4.25. The molecule has 7 nitrogen and oxygen atoms in total. The van der Waals surface area contributed by atoms with Crippen LogP contribution in [-0.2, 0) is 11.3 Å². The van der Waals surface area contributed by atoms with Crippen LogP contribution in [0.5, 0.6) is 5.75 Å². The third kappa shape index (κ3) is 2.94. The number of hydrogen-bond acceptors (Lipinski definition) is 6. The fourth-order valence-electron chi connectivity index (χ4n) is 2.56. The number of anilines is 1. The van der Waals surface area contributed by atoms with Gasteiger partial charge in [-0.2, -0.15) is 0 Å². The van der Waals surface area contributed by atoms with E-state index in [9.17, 15) is 9.90 Å². The quantitative estimate of drug-likeness (QED) is 0.590. The molecule has 0 saturated heterocycles. The van der Waals surface area contributed by atoms with E-state index in [0.29, 0.717) is 5.82 Å². The van der Waals surface area contributed by atoms with Crippen molar-refractivity contribution in [1.29, 1.82) is 0 Å². The molecule has 3 heterocycles. The van der Waals surface area contributed by atoms with Gasteiger partial charge < -0.3 is 15.0 Å². The second-order valence-electron chi connectivity index (χ2n) is 5.30. The summed E-state index contributed by atoms with van der Waals surface area (Å²) >= 11 is 1.47. The highest BCUT2D eigenvalue weighted by Crippen LogP contribution is 2.25. The first-order valence-corrected chi connectivity index (χ1v) is 8.44. The minimum absolute atomic E-state index is 0.0311. The van der Waals surface area contributed by atoms with Crippen molar-refractivity contribution >= 4 is 34.1 Å². The molecule has 2 N–H and O–H groups in total. The summed E-state index contributed by atoms with van der Waals surface area (Å²) < 4.78 is 1.81.